The first-order valence-corrected chi connectivity index (χ1v) is 8.08. The number of hydrogen-bond donors (Lipinski definition) is 1. The fourth-order valence-corrected chi connectivity index (χ4v) is 2.90. The van der Waals surface area contributed by atoms with E-state index in [1.807, 2.05) is 44.2 Å². The minimum absolute atomic E-state index is 0.0553. The highest BCUT2D eigenvalue weighted by Crippen LogP contribution is 2.26. The molecule has 0 spiro atoms. The molecule has 5 heteroatoms. The van der Waals surface area contributed by atoms with Crippen LogP contribution in [-0.4, -0.2) is 11.2 Å². The van der Waals surface area contributed by atoms with Gasteiger partial charge in [-0.1, -0.05) is 29.3 Å². The predicted molar refractivity (Wildman–Crippen MR) is 91.6 cm³/mol. The number of aryl methyl sites for hydroxylation is 1. The van der Waals surface area contributed by atoms with Gasteiger partial charge in [0.25, 0.3) is 0 Å². The summed E-state index contributed by atoms with van der Waals surface area (Å²) in [5.74, 6) is -0.0553. The Balaban J connectivity index is 2.02. The largest absolute Gasteiger partial charge is 0.325 e. The molecular formula is C16H15Cl2NOS. The van der Waals surface area contributed by atoms with Crippen LogP contribution in [0.15, 0.2) is 47.4 Å². The number of anilines is 1. The molecule has 110 valence electrons. The highest BCUT2D eigenvalue weighted by molar-refractivity contribution is 8.00. The SMILES string of the molecule is Cc1ccc(Cl)cc1NC(=O)[C@H](C)Sc1ccc(Cl)cc1. The zero-order chi connectivity index (χ0) is 15.4. The van der Waals surface area contributed by atoms with Gasteiger partial charge in [-0.05, 0) is 55.8 Å². The normalized spacial score (nSPS) is 12.0. The number of carbonyl (C=O) groups is 1. The van der Waals surface area contributed by atoms with Crippen molar-refractivity contribution in [2.45, 2.75) is 24.0 Å². The van der Waals surface area contributed by atoms with Gasteiger partial charge in [-0.3, -0.25) is 4.79 Å². The smallest absolute Gasteiger partial charge is 0.237 e. The number of halogens is 2. The van der Waals surface area contributed by atoms with Gasteiger partial charge in [0.1, 0.15) is 0 Å². The van der Waals surface area contributed by atoms with Crippen LogP contribution in [0.4, 0.5) is 5.69 Å². The first kappa shape index (κ1) is 16.2. The number of amides is 1. The topological polar surface area (TPSA) is 29.1 Å². The van der Waals surface area contributed by atoms with Gasteiger partial charge in [0, 0.05) is 20.6 Å². The molecule has 0 unspecified atom stereocenters. The van der Waals surface area contributed by atoms with Crippen LogP contribution in [0.1, 0.15) is 12.5 Å². The summed E-state index contributed by atoms with van der Waals surface area (Å²) in [6, 6.07) is 12.9. The molecule has 0 saturated carbocycles. The fourth-order valence-electron chi connectivity index (χ4n) is 1.73. The molecule has 0 heterocycles. The Morgan fingerprint density at radius 3 is 2.38 bits per heavy atom. The molecule has 1 amide bonds. The second-order valence-corrected chi connectivity index (χ2v) is 6.95. The molecule has 2 aromatic carbocycles. The van der Waals surface area contributed by atoms with Crippen LogP contribution in [0, 0.1) is 6.92 Å². The first-order valence-electron chi connectivity index (χ1n) is 6.45. The van der Waals surface area contributed by atoms with E-state index in [9.17, 15) is 4.79 Å². The molecule has 2 rings (SSSR count). The van der Waals surface area contributed by atoms with Crippen molar-refractivity contribution in [2.75, 3.05) is 5.32 Å². The number of rotatable bonds is 4. The zero-order valence-corrected chi connectivity index (χ0v) is 14.0. The number of carbonyl (C=O) groups excluding carboxylic acids is 1. The van der Waals surface area contributed by atoms with E-state index >= 15 is 0 Å². The third-order valence-corrected chi connectivity index (χ3v) is 4.55. The van der Waals surface area contributed by atoms with Gasteiger partial charge in [-0.25, -0.2) is 0 Å². The van der Waals surface area contributed by atoms with Crippen LogP contribution < -0.4 is 5.32 Å². The highest BCUT2D eigenvalue weighted by Gasteiger charge is 2.15. The average molecular weight is 340 g/mol. The summed E-state index contributed by atoms with van der Waals surface area (Å²) in [6.45, 7) is 3.80. The Morgan fingerprint density at radius 1 is 1.10 bits per heavy atom. The Kier molecular flexibility index (Phi) is 5.57. The third-order valence-electron chi connectivity index (χ3n) is 2.95. The van der Waals surface area contributed by atoms with Crippen molar-refractivity contribution in [1.82, 2.24) is 0 Å². The van der Waals surface area contributed by atoms with Gasteiger partial charge in [0.15, 0.2) is 0 Å². The molecule has 2 nitrogen and oxygen atoms in total. The standard InChI is InChI=1S/C16H15Cl2NOS/c1-10-3-4-13(18)9-15(10)19-16(20)11(2)21-14-7-5-12(17)6-8-14/h3-9,11H,1-2H3,(H,19,20)/t11-/m0/s1. The van der Waals surface area contributed by atoms with Crippen LogP contribution in [0.3, 0.4) is 0 Å². The van der Waals surface area contributed by atoms with Crippen molar-refractivity contribution in [2.24, 2.45) is 0 Å². The van der Waals surface area contributed by atoms with E-state index in [4.69, 9.17) is 23.2 Å². The second kappa shape index (κ2) is 7.21. The number of hydrogen-bond acceptors (Lipinski definition) is 2. The van der Waals surface area contributed by atoms with E-state index in [1.54, 1.807) is 12.1 Å². The molecule has 0 saturated heterocycles. The van der Waals surface area contributed by atoms with Crippen molar-refractivity contribution < 1.29 is 4.79 Å². The Hall–Kier alpha value is -1.16. The quantitative estimate of drug-likeness (QED) is 0.753. The molecule has 0 aromatic heterocycles. The monoisotopic (exact) mass is 339 g/mol. The van der Waals surface area contributed by atoms with Crippen LogP contribution in [-0.2, 0) is 4.79 Å². The predicted octanol–water partition coefficient (Wildman–Crippen LogP) is 5.42. The molecule has 2 aromatic rings. The maximum Gasteiger partial charge on any atom is 0.237 e. The summed E-state index contributed by atoms with van der Waals surface area (Å²) < 4.78 is 0. The summed E-state index contributed by atoms with van der Waals surface area (Å²) in [4.78, 5) is 13.3. The average Bonchev–Trinajstić information content (AvgIpc) is 2.45. The zero-order valence-electron chi connectivity index (χ0n) is 11.7. The van der Waals surface area contributed by atoms with Crippen LogP contribution >= 0.6 is 35.0 Å². The van der Waals surface area contributed by atoms with E-state index in [2.05, 4.69) is 5.32 Å². The maximum absolute atomic E-state index is 12.2. The molecule has 0 aliphatic carbocycles. The summed E-state index contributed by atoms with van der Waals surface area (Å²) in [6.07, 6.45) is 0. The number of nitrogens with one attached hydrogen (secondary N) is 1. The third kappa shape index (κ3) is 4.67. The first-order chi connectivity index (χ1) is 9.95. The van der Waals surface area contributed by atoms with E-state index in [1.165, 1.54) is 11.8 Å². The molecule has 0 aliphatic rings. The summed E-state index contributed by atoms with van der Waals surface area (Å²) >= 11 is 13.3. The van der Waals surface area contributed by atoms with Crippen molar-refractivity contribution >= 4 is 46.6 Å². The number of thioether (sulfide) groups is 1. The van der Waals surface area contributed by atoms with E-state index in [-0.39, 0.29) is 11.2 Å². The Bertz CT molecular complexity index is 643. The lowest BCUT2D eigenvalue weighted by molar-refractivity contribution is -0.115. The molecule has 1 atom stereocenters. The molecule has 0 radical (unpaired) electrons. The molecule has 1 N–H and O–H groups in total. The lowest BCUT2D eigenvalue weighted by Crippen LogP contribution is -2.22. The number of benzene rings is 2. The van der Waals surface area contributed by atoms with E-state index < -0.39 is 0 Å². The summed E-state index contributed by atoms with van der Waals surface area (Å²) in [5.41, 5.74) is 1.73. The van der Waals surface area contributed by atoms with Crippen molar-refractivity contribution in [3.05, 3.63) is 58.1 Å². The van der Waals surface area contributed by atoms with Gasteiger partial charge in [-0.2, -0.15) is 0 Å². The molecule has 0 bridgehead atoms. The minimum Gasteiger partial charge on any atom is -0.325 e. The van der Waals surface area contributed by atoms with Gasteiger partial charge in [0.05, 0.1) is 5.25 Å². The van der Waals surface area contributed by atoms with E-state index in [0.29, 0.717) is 10.0 Å². The summed E-state index contributed by atoms with van der Waals surface area (Å²) in [7, 11) is 0. The lowest BCUT2D eigenvalue weighted by Gasteiger charge is -2.14. The highest BCUT2D eigenvalue weighted by atomic mass is 35.5. The molecule has 21 heavy (non-hydrogen) atoms. The Morgan fingerprint density at radius 2 is 1.71 bits per heavy atom. The lowest BCUT2D eigenvalue weighted by atomic mass is 10.2. The summed E-state index contributed by atoms with van der Waals surface area (Å²) in [5, 5.41) is 3.99. The van der Waals surface area contributed by atoms with Crippen molar-refractivity contribution in [3.8, 4) is 0 Å². The minimum atomic E-state index is -0.218. The fraction of sp³-hybridized carbons (Fsp3) is 0.188. The van der Waals surface area contributed by atoms with Crippen LogP contribution in [0.25, 0.3) is 0 Å². The Labute approximate surface area is 138 Å². The molecule has 0 fully saturated rings. The molecule has 0 aliphatic heterocycles. The van der Waals surface area contributed by atoms with Gasteiger partial charge in [-0.15, -0.1) is 11.8 Å². The van der Waals surface area contributed by atoms with Gasteiger partial charge < -0.3 is 5.32 Å². The maximum atomic E-state index is 12.2. The van der Waals surface area contributed by atoms with Crippen LogP contribution in [0.2, 0.25) is 10.0 Å². The van der Waals surface area contributed by atoms with Crippen molar-refractivity contribution in [1.29, 1.82) is 0 Å². The van der Waals surface area contributed by atoms with Crippen molar-refractivity contribution in [3.63, 3.8) is 0 Å². The van der Waals surface area contributed by atoms with Gasteiger partial charge >= 0.3 is 0 Å². The van der Waals surface area contributed by atoms with E-state index in [0.717, 1.165) is 16.1 Å². The molecular weight excluding hydrogens is 325 g/mol. The van der Waals surface area contributed by atoms with Gasteiger partial charge in [0.2, 0.25) is 5.91 Å². The second-order valence-electron chi connectivity index (χ2n) is 4.66. The van der Waals surface area contributed by atoms with Crippen LogP contribution in [0.5, 0.6) is 0 Å².